The molecule has 1 fully saturated rings. The predicted molar refractivity (Wildman–Crippen MR) is 71.3 cm³/mol. The molecule has 0 unspecified atom stereocenters. The molecule has 0 atom stereocenters. The first-order chi connectivity index (χ1) is 8.66. The fourth-order valence-corrected chi connectivity index (χ4v) is 2.13. The summed E-state index contributed by atoms with van der Waals surface area (Å²) in [7, 11) is 1.82. The number of nitrogens with zero attached hydrogens (tertiary/aromatic N) is 3. The second-order valence-corrected chi connectivity index (χ2v) is 4.75. The minimum atomic E-state index is -0.0470. The first-order valence-corrected chi connectivity index (χ1v) is 6.36. The summed E-state index contributed by atoms with van der Waals surface area (Å²) in [6, 6.07) is 3.37. The van der Waals surface area contributed by atoms with Crippen molar-refractivity contribution in [2.45, 2.75) is 12.8 Å². The van der Waals surface area contributed by atoms with Crippen LogP contribution in [0.25, 0.3) is 0 Å². The fraction of sp³-hybridized carbons (Fsp3) is 0.538. The van der Waals surface area contributed by atoms with E-state index in [2.05, 4.69) is 9.88 Å². The highest BCUT2D eigenvalue weighted by Crippen LogP contribution is 2.08. The molecule has 5 heteroatoms. The third-order valence-electron chi connectivity index (χ3n) is 3.30. The van der Waals surface area contributed by atoms with Crippen LogP contribution in [-0.4, -0.2) is 53.9 Å². The first-order valence-electron chi connectivity index (χ1n) is 6.36. The van der Waals surface area contributed by atoms with Crippen molar-refractivity contribution in [2.24, 2.45) is 0 Å². The highest BCUT2D eigenvalue weighted by molar-refractivity contribution is 5.92. The van der Waals surface area contributed by atoms with Gasteiger partial charge in [-0.2, -0.15) is 0 Å². The van der Waals surface area contributed by atoms with Crippen molar-refractivity contribution in [1.29, 1.82) is 0 Å². The van der Waals surface area contributed by atoms with E-state index in [1.54, 1.807) is 17.0 Å². The van der Waals surface area contributed by atoms with Gasteiger partial charge in [0.05, 0.1) is 11.9 Å². The number of likely N-dealkylation sites (N-methyl/N-ethyl adjacent to an activating group) is 1. The monoisotopic (exact) mass is 248 g/mol. The van der Waals surface area contributed by atoms with Gasteiger partial charge in [0.2, 0.25) is 0 Å². The van der Waals surface area contributed by atoms with Gasteiger partial charge in [-0.05, 0) is 38.1 Å². The standard InChI is InChI=1S/C13H20N4O/c1-16(8-9-17-6-2-3-7-17)13(18)12-5-4-11(14)10-15-12/h4-5,10H,2-3,6-9,14H2,1H3. The van der Waals surface area contributed by atoms with Crippen molar-refractivity contribution >= 4 is 11.6 Å². The zero-order chi connectivity index (χ0) is 13.0. The number of nitrogens with two attached hydrogens (primary N) is 1. The Morgan fingerprint density at radius 1 is 1.44 bits per heavy atom. The van der Waals surface area contributed by atoms with Crippen LogP contribution in [0.5, 0.6) is 0 Å². The number of carbonyl (C=O) groups excluding carboxylic acids is 1. The normalized spacial score (nSPS) is 15.8. The number of nitrogen functional groups attached to an aromatic ring is 1. The Labute approximate surface area is 108 Å². The van der Waals surface area contributed by atoms with Crippen LogP contribution in [0.15, 0.2) is 18.3 Å². The zero-order valence-electron chi connectivity index (χ0n) is 10.8. The third-order valence-corrected chi connectivity index (χ3v) is 3.30. The van der Waals surface area contributed by atoms with E-state index in [-0.39, 0.29) is 5.91 Å². The van der Waals surface area contributed by atoms with Crippen molar-refractivity contribution in [3.63, 3.8) is 0 Å². The number of carbonyl (C=O) groups is 1. The summed E-state index contributed by atoms with van der Waals surface area (Å²) in [5, 5.41) is 0. The van der Waals surface area contributed by atoms with E-state index in [1.807, 2.05) is 7.05 Å². The molecule has 1 aromatic rings. The number of rotatable bonds is 4. The lowest BCUT2D eigenvalue weighted by Gasteiger charge is -2.21. The van der Waals surface area contributed by atoms with Gasteiger partial charge in [0, 0.05) is 20.1 Å². The number of pyridine rings is 1. The molecule has 0 bridgehead atoms. The lowest BCUT2D eigenvalue weighted by atomic mass is 10.3. The fourth-order valence-electron chi connectivity index (χ4n) is 2.13. The minimum absolute atomic E-state index is 0.0470. The van der Waals surface area contributed by atoms with Crippen LogP contribution >= 0.6 is 0 Å². The van der Waals surface area contributed by atoms with E-state index in [1.165, 1.54) is 19.0 Å². The van der Waals surface area contributed by atoms with Crippen molar-refractivity contribution < 1.29 is 4.79 Å². The molecule has 0 radical (unpaired) electrons. The summed E-state index contributed by atoms with van der Waals surface area (Å²) in [5.41, 5.74) is 6.58. The third kappa shape index (κ3) is 3.20. The van der Waals surface area contributed by atoms with Gasteiger partial charge >= 0.3 is 0 Å². The average Bonchev–Trinajstić information content (AvgIpc) is 2.89. The van der Waals surface area contributed by atoms with Crippen LogP contribution in [0.4, 0.5) is 5.69 Å². The van der Waals surface area contributed by atoms with E-state index in [0.717, 1.165) is 26.2 Å². The Morgan fingerprint density at radius 2 is 2.17 bits per heavy atom. The van der Waals surface area contributed by atoms with Gasteiger partial charge < -0.3 is 15.5 Å². The maximum absolute atomic E-state index is 12.1. The summed E-state index contributed by atoms with van der Waals surface area (Å²) < 4.78 is 0. The summed E-state index contributed by atoms with van der Waals surface area (Å²) in [6.07, 6.45) is 4.07. The van der Waals surface area contributed by atoms with E-state index < -0.39 is 0 Å². The molecule has 0 spiro atoms. The number of aromatic nitrogens is 1. The molecule has 1 saturated heterocycles. The molecule has 2 heterocycles. The summed E-state index contributed by atoms with van der Waals surface area (Å²) >= 11 is 0. The quantitative estimate of drug-likeness (QED) is 0.857. The maximum atomic E-state index is 12.1. The molecule has 98 valence electrons. The molecule has 1 aliphatic rings. The molecule has 0 saturated carbocycles. The van der Waals surface area contributed by atoms with Gasteiger partial charge in [-0.3, -0.25) is 4.79 Å². The smallest absolute Gasteiger partial charge is 0.272 e. The summed E-state index contributed by atoms with van der Waals surface area (Å²) in [6.45, 7) is 3.99. The lowest BCUT2D eigenvalue weighted by molar-refractivity contribution is 0.0776. The maximum Gasteiger partial charge on any atom is 0.272 e. The summed E-state index contributed by atoms with van der Waals surface area (Å²) in [4.78, 5) is 20.2. The highest BCUT2D eigenvalue weighted by Gasteiger charge is 2.16. The lowest BCUT2D eigenvalue weighted by Crippen LogP contribution is -2.35. The van der Waals surface area contributed by atoms with E-state index >= 15 is 0 Å². The van der Waals surface area contributed by atoms with Crippen LogP contribution in [0.1, 0.15) is 23.3 Å². The molecule has 2 rings (SSSR count). The van der Waals surface area contributed by atoms with Crippen LogP contribution in [0.2, 0.25) is 0 Å². The SMILES string of the molecule is CN(CCN1CCCC1)C(=O)c1ccc(N)cn1. The topological polar surface area (TPSA) is 62.5 Å². The van der Waals surface area contributed by atoms with Crippen LogP contribution < -0.4 is 5.73 Å². The van der Waals surface area contributed by atoms with Gasteiger partial charge in [0.25, 0.3) is 5.91 Å². The summed E-state index contributed by atoms with van der Waals surface area (Å²) in [5.74, 6) is -0.0470. The second-order valence-electron chi connectivity index (χ2n) is 4.75. The molecular weight excluding hydrogens is 228 g/mol. The second kappa shape index (κ2) is 5.82. The van der Waals surface area contributed by atoms with E-state index in [0.29, 0.717) is 11.4 Å². The van der Waals surface area contributed by atoms with Crippen molar-refractivity contribution in [2.75, 3.05) is 39.0 Å². The number of likely N-dealkylation sites (tertiary alicyclic amines) is 1. The van der Waals surface area contributed by atoms with Gasteiger partial charge in [-0.15, -0.1) is 0 Å². The van der Waals surface area contributed by atoms with E-state index in [4.69, 9.17) is 5.73 Å². The Hall–Kier alpha value is -1.62. The van der Waals surface area contributed by atoms with Gasteiger partial charge in [0.15, 0.2) is 0 Å². The van der Waals surface area contributed by atoms with Gasteiger partial charge in [-0.1, -0.05) is 0 Å². The Bertz CT molecular complexity index is 398. The number of hydrogen-bond acceptors (Lipinski definition) is 4. The average molecular weight is 248 g/mol. The van der Waals surface area contributed by atoms with Gasteiger partial charge in [-0.25, -0.2) is 4.98 Å². The molecule has 18 heavy (non-hydrogen) atoms. The molecule has 2 N–H and O–H groups in total. The largest absolute Gasteiger partial charge is 0.397 e. The first kappa shape index (κ1) is 12.8. The van der Waals surface area contributed by atoms with Crippen molar-refractivity contribution in [3.05, 3.63) is 24.0 Å². The number of hydrogen-bond donors (Lipinski definition) is 1. The Balaban J connectivity index is 1.85. The molecule has 5 nitrogen and oxygen atoms in total. The van der Waals surface area contributed by atoms with Crippen molar-refractivity contribution in [3.8, 4) is 0 Å². The number of amides is 1. The van der Waals surface area contributed by atoms with Crippen LogP contribution in [-0.2, 0) is 0 Å². The highest BCUT2D eigenvalue weighted by atomic mass is 16.2. The molecule has 1 aromatic heterocycles. The number of anilines is 1. The molecule has 1 amide bonds. The predicted octanol–water partition coefficient (Wildman–Crippen LogP) is 0.832. The molecule has 1 aliphatic heterocycles. The molecule has 0 aliphatic carbocycles. The van der Waals surface area contributed by atoms with E-state index in [9.17, 15) is 4.79 Å². The van der Waals surface area contributed by atoms with Gasteiger partial charge in [0.1, 0.15) is 5.69 Å². The minimum Gasteiger partial charge on any atom is -0.397 e. The van der Waals surface area contributed by atoms with Crippen LogP contribution in [0, 0.1) is 0 Å². The Morgan fingerprint density at radius 3 is 2.78 bits per heavy atom. The molecule has 0 aromatic carbocycles. The van der Waals surface area contributed by atoms with Crippen LogP contribution in [0.3, 0.4) is 0 Å². The molecular formula is C13H20N4O. The van der Waals surface area contributed by atoms with Crippen molar-refractivity contribution in [1.82, 2.24) is 14.8 Å². The zero-order valence-corrected chi connectivity index (χ0v) is 10.8. The Kier molecular flexibility index (Phi) is 4.15.